The zero-order chi connectivity index (χ0) is 21.0. The van der Waals surface area contributed by atoms with E-state index in [1.807, 2.05) is 6.07 Å². The standard InChI is InChI=1S/C24H31NO5/c1-4-5-16(27)13-28-20-9-7-17-18-12-15-6-8-19(29-14(2)26)22-21(15)24(17,23(20)30-22)10-11-25(18)3/h6-9,16-18,20,23,27H,4-5,10-13H2,1-3H3/t16?,17-,18+,20-,23-,24-/m0/s1. The van der Waals surface area contributed by atoms with Crippen molar-refractivity contribution in [3.63, 3.8) is 0 Å². The molecule has 0 amide bonds. The molecule has 162 valence electrons. The van der Waals surface area contributed by atoms with E-state index in [9.17, 15) is 9.90 Å². The molecule has 5 rings (SSSR count). The molecule has 1 aromatic carbocycles. The Kier molecular flexibility index (Phi) is 4.92. The van der Waals surface area contributed by atoms with Gasteiger partial charge in [-0.05, 0) is 44.5 Å². The number of aliphatic hydroxyl groups excluding tert-OH is 1. The largest absolute Gasteiger partial charge is 0.482 e. The van der Waals surface area contributed by atoms with E-state index in [1.165, 1.54) is 18.1 Å². The van der Waals surface area contributed by atoms with Gasteiger partial charge in [-0.25, -0.2) is 0 Å². The van der Waals surface area contributed by atoms with E-state index in [0.717, 1.165) is 32.2 Å². The molecule has 0 saturated carbocycles. The zero-order valence-electron chi connectivity index (χ0n) is 18.0. The van der Waals surface area contributed by atoms with E-state index in [4.69, 9.17) is 14.2 Å². The Balaban J connectivity index is 1.57. The minimum Gasteiger partial charge on any atom is -0.482 e. The molecule has 6 nitrogen and oxygen atoms in total. The zero-order valence-corrected chi connectivity index (χ0v) is 18.0. The molecule has 0 radical (unpaired) electrons. The highest BCUT2D eigenvalue weighted by Gasteiger charge is 2.64. The van der Waals surface area contributed by atoms with Crippen LogP contribution in [0.1, 0.15) is 44.2 Å². The summed E-state index contributed by atoms with van der Waals surface area (Å²) in [6.07, 6.45) is 7.14. The lowest BCUT2D eigenvalue weighted by molar-refractivity contribution is -0.132. The third-order valence-corrected chi connectivity index (χ3v) is 7.47. The van der Waals surface area contributed by atoms with Crippen LogP contribution in [0.15, 0.2) is 24.3 Å². The predicted octanol–water partition coefficient (Wildman–Crippen LogP) is 2.60. The number of ether oxygens (including phenoxy) is 3. The molecule has 2 heterocycles. The number of hydrogen-bond acceptors (Lipinski definition) is 6. The van der Waals surface area contributed by atoms with Gasteiger partial charge < -0.3 is 24.2 Å². The summed E-state index contributed by atoms with van der Waals surface area (Å²) in [4.78, 5) is 14.2. The number of carbonyl (C=O) groups excluding carboxylic acids is 1. The van der Waals surface area contributed by atoms with E-state index >= 15 is 0 Å². The van der Waals surface area contributed by atoms with Gasteiger partial charge >= 0.3 is 5.97 Å². The second-order valence-corrected chi connectivity index (χ2v) is 9.25. The highest BCUT2D eigenvalue weighted by molar-refractivity contribution is 5.72. The van der Waals surface area contributed by atoms with Crippen molar-refractivity contribution in [2.45, 2.75) is 69.3 Å². The maximum atomic E-state index is 11.7. The van der Waals surface area contributed by atoms with Gasteiger partial charge in [0.15, 0.2) is 11.5 Å². The average molecular weight is 414 g/mol. The van der Waals surface area contributed by atoms with Crippen molar-refractivity contribution in [1.29, 1.82) is 0 Å². The van der Waals surface area contributed by atoms with Crippen molar-refractivity contribution in [2.24, 2.45) is 5.92 Å². The number of rotatable bonds is 6. The summed E-state index contributed by atoms with van der Waals surface area (Å²) < 4.78 is 18.3. The van der Waals surface area contributed by atoms with Crippen LogP contribution in [-0.4, -0.2) is 60.5 Å². The molecule has 1 fully saturated rings. The first-order valence-corrected chi connectivity index (χ1v) is 11.2. The summed E-state index contributed by atoms with van der Waals surface area (Å²) in [6.45, 7) is 4.77. The third kappa shape index (κ3) is 2.84. The Labute approximate surface area is 177 Å². The number of piperidine rings is 1. The molecule has 1 N–H and O–H groups in total. The highest BCUT2D eigenvalue weighted by atomic mass is 16.6. The minimum atomic E-state index is -0.467. The van der Waals surface area contributed by atoms with E-state index < -0.39 is 6.10 Å². The van der Waals surface area contributed by atoms with Crippen LogP contribution in [0.2, 0.25) is 0 Å². The van der Waals surface area contributed by atoms with Crippen molar-refractivity contribution in [3.05, 3.63) is 35.4 Å². The van der Waals surface area contributed by atoms with E-state index in [2.05, 4.69) is 37.1 Å². The molecule has 2 aliphatic carbocycles. The van der Waals surface area contributed by atoms with Gasteiger partial charge in [0.05, 0.1) is 12.7 Å². The first kappa shape index (κ1) is 20.0. The second-order valence-electron chi connectivity index (χ2n) is 9.25. The van der Waals surface area contributed by atoms with Crippen molar-refractivity contribution in [3.8, 4) is 11.5 Å². The number of nitrogens with zero attached hydrogens (tertiary/aromatic N) is 1. The van der Waals surface area contributed by atoms with Crippen molar-refractivity contribution in [2.75, 3.05) is 20.2 Å². The Bertz CT molecular complexity index is 883. The number of benzene rings is 1. The van der Waals surface area contributed by atoms with Gasteiger partial charge in [0.1, 0.15) is 12.2 Å². The van der Waals surface area contributed by atoms with Crippen molar-refractivity contribution < 1.29 is 24.1 Å². The number of carbonyl (C=O) groups is 1. The molecule has 1 unspecified atom stereocenters. The molecule has 1 saturated heterocycles. The topological polar surface area (TPSA) is 68.2 Å². The van der Waals surface area contributed by atoms with Crippen LogP contribution < -0.4 is 9.47 Å². The summed E-state index contributed by atoms with van der Waals surface area (Å²) in [5.74, 6) is 1.21. The SMILES string of the molecule is CCCC(O)CO[C@H]1C=C[C@H]2[C@H]3Cc4ccc(OC(C)=O)c5c4[C@@]2(CCN3C)[C@H]1O5. The molecule has 1 aromatic rings. The van der Waals surface area contributed by atoms with Crippen LogP contribution in [0.5, 0.6) is 11.5 Å². The van der Waals surface area contributed by atoms with Crippen LogP contribution in [0, 0.1) is 5.92 Å². The molecular weight excluding hydrogens is 382 g/mol. The van der Waals surface area contributed by atoms with E-state index in [1.54, 1.807) is 0 Å². The number of likely N-dealkylation sites (tertiary alicyclic amines) is 1. The van der Waals surface area contributed by atoms with Crippen LogP contribution in [0.4, 0.5) is 0 Å². The number of aliphatic hydroxyl groups is 1. The van der Waals surface area contributed by atoms with Crippen LogP contribution >= 0.6 is 0 Å². The Morgan fingerprint density at radius 2 is 2.23 bits per heavy atom. The summed E-state index contributed by atoms with van der Waals surface area (Å²) in [6, 6.07) is 4.39. The van der Waals surface area contributed by atoms with Gasteiger partial charge in [-0.1, -0.05) is 31.6 Å². The molecular formula is C24H31NO5. The monoisotopic (exact) mass is 413 g/mol. The lowest BCUT2D eigenvalue weighted by Gasteiger charge is -2.56. The summed E-state index contributed by atoms with van der Waals surface area (Å²) in [5.41, 5.74) is 2.33. The quantitative estimate of drug-likeness (QED) is 0.439. The first-order valence-electron chi connectivity index (χ1n) is 11.2. The molecule has 6 heteroatoms. The van der Waals surface area contributed by atoms with Gasteiger partial charge in [-0.3, -0.25) is 4.79 Å². The maximum absolute atomic E-state index is 11.7. The first-order chi connectivity index (χ1) is 14.5. The Morgan fingerprint density at radius 3 is 3.00 bits per heavy atom. The predicted molar refractivity (Wildman–Crippen MR) is 112 cm³/mol. The van der Waals surface area contributed by atoms with Gasteiger partial charge in [-0.2, -0.15) is 0 Å². The Morgan fingerprint density at radius 1 is 1.40 bits per heavy atom. The van der Waals surface area contributed by atoms with Gasteiger partial charge in [-0.15, -0.1) is 0 Å². The maximum Gasteiger partial charge on any atom is 0.308 e. The molecule has 1 spiro atoms. The highest BCUT2D eigenvalue weighted by Crippen LogP contribution is 2.62. The van der Waals surface area contributed by atoms with Crippen LogP contribution in [-0.2, 0) is 21.4 Å². The molecule has 2 bridgehead atoms. The molecule has 30 heavy (non-hydrogen) atoms. The van der Waals surface area contributed by atoms with Crippen LogP contribution in [0.25, 0.3) is 0 Å². The minimum absolute atomic E-state index is 0.175. The molecule has 0 aromatic heterocycles. The van der Waals surface area contributed by atoms with Crippen LogP contribution in [0.3, 0.4) is 0 Å². The molecule has 4 aliphatic rings. The molecule has 6 atom stereocenters. The fourth-order valence-electron chi connectivity index (χ4n) is 6.23. The number of likely N-dealkylation sites (N-methyl/N-ethyl adjacent to an activating group) is 1. The van der Waals surface area contributed by atoms with Crippen molar-refractivity contribution in [1.82, 2.24) is 4.90 Å². The van der Waals surface area contributed by atoms with Gasteiger partial charge in [0.2, 0.25) is 0 Å². The van der Waals surface area contributed by atoms with Crippen molar-refractivity contribution >= 4 is 5.97 Å². The summed E-state index contributed by atoms with van der Waals surface area (Å²) in [7, 11) is 2.21. The van der Waals surface area contributed by atoms with Gasteiger partial charge in [0, 0.05) is 29.9 Å². The van der Waals surface area contributed by atoms with Gasteiger partial charge in [0.25, 0.3) is 0 Å². The Hall–Kier alpha value is -1.89. The normalized spacial score (nSPS) is 34.3. The fraction of sp³-hybridized carbons (Fsp3) is 0.625. The smallest absolute Gasteiger partial charge is 0.308 e. The number of esters is 1. The average Bonchev–Trinajstić information content (AvgIpc) is 3.06. The lowest BCUT2D eigenvalue weighted by Crippen LogP contribution is -2.65. The second kappa shape index (κ2) is 7.36. The fourth-order valence-corrected chi connectivity index (χ4v) is 6.23. The lowest BCUT2D eigenvalue weighted by atomic mass is 9.53. The third-order valence-electron chi connectivity index (χ3n) is 7.47. The molecule has 2 aliphatic heterocycles. The summed E-state index contributed by atoms with van der Waals surface area (Å²) >= 11 is 0. The van der Waals surface area contributed by atoms with E-state index in [-0.39, 0.29) is 23.6 Å². The number of hydrogen-bond donors (Lipinski definition) is 1. The van der Waals surface area contributed by atoms with E-state index in [0.29, 0.717) is 30.1 Å². The summed E-state index contributed by atoms with van der Waals surface area (Å²) in [5, 5.41) is 10.2.